The fraction of sp³-hybridized carbons (Fsp3) is 0.818. The molecule has 0 saturated carbocycles. The van der Waals surface area contributed by atoms with Gasteiger partial charge in [-0.2, -0.15) is 0 Å². The molecule has 0 aromatic heterocycles. The molecule has 2 aliphatic rings. The molecule has 0 aromatic carbocycles. The molecule has 0 radical (unpaired) electrons. The number of rotatable bonds is 1. The molecule has 1 N–H and O–H groups in total. The van der Waals surface area contributed by atoms with E-state index in [1.165, 1.54) is 0 Å². The third-order valence-electron chi connectivity index (χ3n) is 3.47. The average Bonchev–Trinajstić information content (AvgIpc) is 2.25. The summed E-state index contributed by atoms with van der Waals surface area (Å²) in [6.07, 6.45) is 1.95. The summed E-state index contributed by atoms with van der Waals surface area (Å²) in [7, 11) is 2.09. The lowest BCUT2D eigenvalue weighted by Gasteiger charge is -2.40. The zero-order valence-corrected chi connectivity index (χ0v) is 9.90. The number of carbonyl (C=O) groups excluding carboxylic acids is 2. The van der Waals surface area contributed by atoms with Gasteiger partial charge in [0.25, 0.3) is 0 Å². The van der Waals surface area contributed by atoms with Gasteiger partial charge < -0.3 is 15.1 Å². The van der Waals surface area contributed by atoms with Crippen molar-refractivity contribution in [1.29, 1.82) is 0 Å². The second-order valence-corrected chi connectivity index (χ2v) is 4.79. The largest absolute Gasteiger partial charge is 0.343 e. The van der Waals surface area contributed by atoms with Gasteiger partial charge in [-0.15, -0.1) is 0 Å². The summed E-state index contributed by atoms with van der Waals surface area (Å²) in [5.41, 5.74) is 0. The van der Waals surface area contributed by atoms with Crippen LogP contribution in [-0.4, -0.2) is 60.4 Å². The molecule has 2 heterocycles. The highest BCUT2D eigenvalue weighted by Crippen LogP contribution is 2.18. The fourth-order valence-electron chi connectivity index (χ4n) is 2.45. The van der Waals surface area contributed by atoms with E-state index in [2.05, 4.69) is 17.3 Å². The molecule has 16 heavy (non-hydrogen) atoms. The maximum Gasteiger partial charge on any atom is 0.245 e. The van der Waals surface area contributed by atoms with Crippen LogP contribution in [0.25, 0.3) is 0 Å². The van der Waals surface area contributed by atoms with Crippen LogP contribution in [0, 0.1) is 0 Å². The molecule has 5 nitrogen and oxygen atoms in total. The first kappa shape index (κ1) is 11.4. The van der Waals surface area contributed by atoms with Crippen LogP contribution in [-0.2, 0) is 9.59 Å². The van der Waals surface area contributed by atoms with Gasteiger partial charge in [0.1, 0.15) is 6.04 Å². The first-order chi connectivity index (χ1) is 7.58. The first-order valence-electron chi connectivity index (χ1n) is 5.86. The summed E-state index contributed by atoms with van der Waals surface area (Å²) < 4.78 is 0. The Balaban J connectivity index is 2.02. The standard InChI is InChI=1S/C11H19N3O2/c1-8-11(16)14(7-10(15)12-8)9-3-5-13(2)6-4-9/h8-9H,3-7H2,1-2H3,(H,12,15). The van der Waals surface area contributed by atoms with Crippen LogP contribution < -0.4 is 5.32 Å². The van der Waals surface area contributed by atoms with Crippen molar-refractivity contribution >= 4 is 11.8 Å². The third-order valence-corrected chi connectivity index (χ3v) is 3.47. The van der Waals surface area contributed by atoms with Gasteiger partial charge in [-0.3, -0.25) is 9.59 Å². The van der Waals surface area contributed by atoms with E-state index in [-0.39, 0.29) is 30.4 Å². The van der Waals surface area contributed by atoms with E-state index >= 15 is 0 Å². The molecule has 5 heteroatoms. The Morgan fingerprint density at radius 1 is 1.25 bits per heavy atom. The molecule has 0 spiro atoms. The van der Waals surface area contributed by atoms with E-state index < -0.39 is 0 Å². The summed E-state index contributed by atoms with van der Waals surface area (Å²) in [6.45, 7) is 3.99. The second kappa shape index (κ2) is 4.41. The van der Waals surface area contributed by atoms with Gasteiger partial charge in [0, 0.05) is 6.04 Å². The molecule has 2 fully saturated rings. The average molecular weight is 225 g/mol. The Labute approximate surface area is 95.8 Å². The van der Waals surface area contributed by atoms with Crippen LogP contribution >= 0.6 is 0 Å². The molecule has 2 rings (SSSR count). The first-order valence-corrected chi connectivity index (χ1v) is 5.86. The second-order valence-electron chi connectivity index (χ2n) is 4.79. The summed E-state index contributed by atoms with van der Waals surface area (Å²) in [4.78, 5) is 27.4. The molecule has 1 atom stereocenters. The van der Waals surface area contributed by atoms with Gasteiger partial charge in [-0.1, -0.05) is 0 Å². The molecular weight excluding hydrogens is 206 g/mol. The number of nitrogens with zero attached hydrogens (tertiary/aromatic N) is 2. The Morgan fingerprint density at radius 3 is 2.50 bits per heavy atom. The van der Waals surface area contributed by atoms with Crippen LogP contribution in [0.2, 0.25) is 0 Å². The van der Waals surface area contributed by atoms with Crippen LogP contribution in [0.3, 0.4) is 0 Å². The minimum atomic E-state index is -0.360. The number of carbonyl (C=O) groups is 2. The van der Waals surface area contributed by atoms with Gasteiger partial charge in [0.2, 0.25) is 11.8 Å². The van der Waals surface area contributed by atoms with Crippen LogP contribution in [0.15, 0.2) is 0 Å². The minimum absolute atomic E-state index is 0.0361. The van der Waals surface area contributed by atoms with E-state index in [1.807, 2.05) is 0 Å². The van der Waals surface area contributed by atoms with Gasteiger partial charge in [-0.05, 0) is 39.9 Å². The van der Waals surface area contributed by atoms with Crippen molar-refractivity contribution in [3.8, 4) is 0 Å². The van der Waals surface area contributed by atoms with Crippen molar-refractivity contribution in [3.63, 3.8) is 0 Å². The molecule has 90 valence electrons. The van der Waals surface area contributed by atoms with Crippen molar-refractivity contribution < 1.29 is 9.59 Å². The predicted molar refractivity (Wildman–Crippen MR) is 59.8 cm³/mol. The normalized spacial score (nSPS) is 29.4. The Hall–Kier alpha value is -1.10. The summed E-state index contributed by atoms with van der Waals surface area (Å²) in [5.74, 6) is 0.0279. The highest BCUT2D eigenvalue weighted by atomic mass is 16.2. The number of likely N-dealkylation sites (tertiary alicyclic amines) is 1. The van der Waals surface area contributed by atoms with Crippen molar-refractivity contribution in [3.05, 3.63) is 0 Å². The number of piperidine rings is 1. The summed E-state index contributed by atoms with van der Waals surface area (Å²) in [5, 5.41) is 2.67. The molecule has 0 bridgehead atoms. The van der Waals surface area contributed by atoms with Gasteiger partial charge in [0.15, 0.2) is 0 Å². The third kappa shape index (κ3) is 2.19. The summed E-state index contributed by atoms with van der Waals surface area (Å²) >= 11 is 0. The maximum absolute atomic E-state index is 11.9. The molecule has 0 aromatic rings. The lowest BCUT2D eigenvalue weighted by molar-refractivity contribution is -0.147. The van der Waals surface area contributed by atoms with E-state index in [9.17, 15) is 9.59 Å². The van der Waals surface area contributed by atoms with Crippen molar-refractivity contribution in [2.75, 3.05) is 26.7 Å². The number of hydrogen-bond donors (Lipinski definition) is 1. The van der Waals surface area contributed by atoms with Crippen LogP contribution in [0.4, 0.5) is 0 Å². The molecule has 2 amide bonds. The van der Waals surface area contributed by atoms with E-state index in [1.54, 1.807) is 11.8 Å². The predicted octanol–water partition coefficient (Wildman–Crippen LogP) is -0.572. The van der Waals surface area contributed by atoms with Gasteiger partial charge in [0.05, 0.1) is 6.54 Å². The quantitative estimate of drug-likeness (QED) is 0.650. The number of amides is 2. The lowest BCUT2D eigenvalue weighted by atomic mass is 10.0. The highest BCUT2D eigenvalue weighted by molar-refractivity contribution is 5.94. The van der Waals surface area contributed by atoms with Crippen molar-refractivity contribution in [1.82, 2.24) is 15.1 Å². The summed E-state index contributed by atoms with van der Waals surface area (Å²) in [6, 6.07) is -0.113. The molecular formula is C11H19N3O2. The van der Waals surface area contributed by atoms with E-state index in [0.29, 0.717) is 0 Å². The topological polar surface area (TPSA) is 52.7 Å². The SMILES string of the molecule is CC1NC(=O)CN(C2CCN(C)CC2)C1=O. The Morgan fingerprint density at radius 2 is 1.88 bits per heavy atom. The highest BCUT2D eigenvalue weighted by Gasteiger charge is 2.35. The smallest absolute Gasteiger partial charge is 0.245 e. The number of hydrogen-bond acceptors (Lipinski definition) is 3. The zero-order chi connectivity index (χ0) is 11.7. The van der Waals surface area contributed by atoms with Crippen LogP contribution in [0.5, 0.6) is 0 Å². The molecule has 0 aliphatic carbocycles. The minimum Gasteiger partial charge on any atom is -0.343 e. The van der Waals surface area contributed by atoms with Crippen molar-refractivity contribution in [2.24, 2.45) is 0 Å². The fourth-order valence-corrected chi connectivity index (χ4v) is 2.45. The zero-order valence-electron chi connectivity index (χ0n) is 9.90. The lowest BCUT2D eigenvalue weighted by Crippen LogP contribution is -2.60. The van der Waals surface area contributed by atoms with Gasteiger partial charge >= 0.3 is 0 Å². The van der Waals surface area contributed by atoms with E-state index in [0.717, 1.165) is 25.9 Å². The van der Waals surface area contributed by atoms with Crippen LogP contribution in [0.1, 0.15) is 19.8 Å². The molecule has 2 aliphatic heterocycles. The van der Waals surface area contributed by atoms with E-state index in [4.69, 9.17) is 0 Å². The van der Waals surface area contributed by atoms with Crippen molar-refractivity contribution in [2.45, 2.75) is 31.8 Å². The number of nitrogens with one attached hydrogen (secondary N) is 1. The maximum atomic E-state index is 11.9. The number of piperazine rings is 1. The molecule has 2 saturated heterocycles. The monoisotopic (exact) mass is 225 g/mol. The molecule has 1 unspecified atom stereocenters. The Bertz CT molecular complexity index is 298. The van der Waals surface area contributed by atoms with Gasteiger partial charge in [-0.25, -0.2) is 0 Å². The Kier molecular flexibility index (Phi) is 3.14.